The molecule has 21 heavy (non-hydrogen) atoms. The van der Waals surface area contributed by atoms with E-state index < -0.39 is 5.54 Å². The average molecular weight is 311 g/mol. The number of hydrogen-bond acceptors (Lipinski definition) is 2. The molecule has 3 nitrogen and oxygen atoms in total. The molecule has 0 aromatic heterocycles. The number of carbonyl (C=O) groups is 1. The van der Waals surface area contributed by atoms with E-state index in [4.69, 9.17) is 18.0 Å². The van der Waals surface area contributed by atoms with Crippen LogP contribution in [0.25, 0.3) is 0 Å². The van der Waals surface area contributed by atoms with Gasteiger partial charge in [0.1, 0.15) is 0 Å². The zero-order valence-electron chi connectivity index (χ0n) is 13.2. The second-order valence-electron chi connectivity index (χ2n) is 6.89. The second kappa shape index (κ2) is 8.11. The molecule has 0 unspecified atom stereocenters. The molecule has 0 aliphatic heterocycles. The molecule has 0 radical (unpaired) electrons. The highest BCUT2D eigenvalue weighted by Crippen LogP contribution is 2.29. The summed E-state index contributed by atoms with van der Waals surface area (Å²) in [6, 6.07) is 0. The average Bonchev–Trinajstić information content (AvgIpc) is 2.64. The number of rotatable bonds is 3. The van der Waals surface area contributed by atoms with Crippen molar-refractivity contribution in [3.63, 3.8) is 0 Å². The smallest absolute Gasteiger partial charge is 0.223 e. The molecule has 0 atom stereocenters. The molecule has 0 aromatic rings. The molecule has 1 amide bonds. The van der Waals surface area contributed by atoms with Crippen LogP contribution >= 0.6 is 12.2 Å². The standard InChI is InChI=1S/C17H30N2OS/c18-16(21)17(12-8-4-5-9-13-17)19-15(20)14-10-6-2-1-3-7-11-14/h14H,1-13H2,(H2,18,21)(H,19,20). The van der Waals surface area contributed by atoms with E-state index in [0.29, 0.717) is 4.99 Å². The first-order chi connectivity index (χ1) is 10.1. The van der Waals surface area contributed by atoms with Gasteiger partial charge in [0, 0.05) is 5.92 Å². The van der Waals surface area contributed by atoms with E-state index in [1.165, 1.54) is 44.9 Å². The normalized spacial score (nSPS) is 24.4. The molecule has 3 N–H and O–H groups in total. The SMILES string of the molecule is NC(=S)C1(NC(=O)C2CCCCCCC2)CCCCCC1. The fourth-order valence-electron chi connectivity index (χ4n) is 3.82. The van der Waals surface area contributed by atoms with Gasteiger partial charge in [0.15, 0.2) is 0 Å². The first-order valence-electron chi connectivity index (χ1n) is 8.76. The topological polar surface area (TPSA) is 55.1 Å². The lowest BCUT2D eigenvalue weighted by atomic mass is 9.86. The number of hydrogen-bond donors (Lipinski definition) is 2. The molecule has 2 fully saturated rings. The molecule has 2 saturated carbocycles. The van der Waals surface area contributed by atoms with Gasteiger partial charge in [-0.25, -0.2) is 0 Å². The lowest BCUT2D eigenvalue weighted by Gasteiger charge is -2.34. The van der Waals surface area contributed by atoms with E-state index in [-0.39, 0.29) is 11.8 Å². The molecule has 2 rings (SSSR count). The van der Waals surface area contributed by atoms with E-state index in [1.807, 2.05) is 0 Å². The Bertz CT molecular complexity index is 354. The fourth-order valence-corrected chi connectivity index (χ4v) is 4.08. The van der Waals surface area contributed by atoms with Crippen LogP contribution in [0.4, 0.5) is 0 Å². The van der Waals surface area contributed by atoms with Crippen molar-refractivity contribution in [2.75, 3.05) is 0 Å². The van der Waals surface area contributed by atoms with Crippen molar-refractivity contribution in [1.29, 1.82) is 0 Å². The molecular formula is C17H30N2OS. The number of amides is 1. The van der Waals surface area contributed by atoms with Gasteiger partial charge in [0.2, 0.25) is 5.91 Å². The van der Waals surface area contributed by atoms with Gasteiger partial charge in [-0.3, -0.25) is 4.79 Å². The largest absolute Gasteiger partial charge is 0.391 e. The van der Waals surface area contributed by atoms with E-state index in [9.17, 15) is 4.79 Å². The van der Waals surface area contributed by atoms with Gasteiger partial charge in [-0.15, -0.1) is 0 Å². The molecular weight excluding hydrogens is 280 g/mol. The first-order valence-corrected chi connectivity index (χ1v) is 9.17. The Kier molecular flexibility index (Phi) is 6.46. The van der Waals surface area contributed by atoms with Crippen LogP contribution in [-0.2, 0) is 4.79 Å². The lowest BCUT2D eigenvalue weighted by molar-refractivity contribution is -0.127. The molecule has 4 heteroatoms. The number of nitrogens with one attached hydrogen (secondary N) is 1. The zero-order chi connectivity index (χ0) is 15.1. The third kappa shape index (κ3) is 4.67. The van der Waals surface area contributed by atoms with Crippen molar-refractivity contribution in [3.8, 4) is 0 Å². The van der Waals surface area contributed by atoms with Gasteiger partial charge in [0.05, 0.1) is 10.5 Å². The highest BCUT2D eigenvalue weighted by molar-refractivity contribution is 7.80. The Morgan fingerprint density at radius 2 is 1.38 bits per heavy atom. The van der Waals surface area contributed by atoms with Gasteiger partial charge in [0.25, 0.3) is 0 Å². The first kappa shape index (κ1) is 16.7. The summed E-state index contributed by atoms with van der Waals surface area (Å²) in [5.74, 6) is 0.367. The van der Waals surface area contributed by atoms with Gasteiger partial charge in [-0.05, 0) is 25.7 Å². The van der Waals surface area contributed by atoms with Crippen molar-refractivity contribution < 1.29 is 4.79 Å². The predicted octanol–water partition coefficient (Wildman–Crippen LogP) is 3.84. The van der Waals surface area contributed by atoms with Gasteiger partial charge in [-0.1, -0.05) is 70.0 Å². The summed E-state index contributed by atoms with van der Waals surface area (Å²) in [5.41, 5.74) is 5.61. The van der Waals surface area contributed by atoms with Crippen molar-refractivity contribution in [1.82, 2.24) is 5.32 Å². The van der Waals surface area contributed by atoms with Crippen LogP contribution in [0, 0.1) is 5.92 Å². The van der Waals surface area contributed by atoms with Crippen LogP contribution < -0.4 is 11.1 Å². The Labute approximate surface area is 134 Å². The van der Waals surface area contributed by atoms with Crippen LogP contribution in [0.5, 0.6) is 0 Å². The number of thiocarbonyl (C=S) groups is 1. The molecule has 0 saturated heterocycles. The van der Waals surface area contributed by atoms with Gasteiger partial charge < -0.3 is 11.1 Å². The van der Waals surface area contributed by atoms with Gasteiger partial charge >= 0.3 is 0 Å². The summed E-state index contributed by atoms with van der Waals surface area (Å²) >= 11 is 5.32. The lowest BCUT2D eigenvalue weighted by Crippen LogP contribution is -2.57. The minimum Gasteiger partial charge on any atom is -0.391 e. The summed E-state index contributed by atoms with van der Waals surface area (Å²) in [4.78, 5) is 13.2. The van der Waals surface area contributed by atoms with Crippen molar-refractivity contribution >= 4 is 23.1 Å². The van der Waals surface area contributed by atoms with Crippen molar-refractivity contribution in [2.24, 2.45) is 11.7 Å². The monoisotopic (exact) mass is 310 g/mol. The van der Waals surface area contributed by atoms with Crippen LogP contribution in [0.3, 0.4) is 0 Å². The Morgan fingerprint density at radius 3 is 1.90 bits per heavy atom. The highest BCUT2D eigenvalue weighted by Gasteiger charge is 2.37. The number of carbonyl (C=O) groups excluding carboxylic acids is 1. The van der Waals surface area contributed by atoms with E-state index in [1.54, 1.807) is 0 Å². The molecule has 2 aliphatic rings. The molecule has 0 bridgehead atoms. The molecule has 0 aromatic carbocycles. The maximum absolute atomic E-state index is 12.7. The molecule has 120 valence electrons. The molecule has 0 spiro atoms. The van der Waals surface area contributed by atoms with E-state index >= 15 is 0 Å². The minimum atomic E-state index is -0.411. The zero-order valence-corrected chi connectivity index (χ0v) is 14.0. The van der Waals surface area contributed by atoms with Gasteiger partial charge in [-0.2, -0.15) is 0 Å². The maximum Gasteiger partial charge on any atom is 0.223 e. The summed E-state index contributed by atoms with van der Waals surface area (Å²) in [6.45, 7) is 0. The maximum atomic E-state index is 12.7. The Balaban J connectivity index is 2.01. The van der Waals surface area contributed by atoms with Crippen LogP contribution in [0.2, 0.25) is 0 Å². The second-order valence-corrected chi connectivity index (χ2v) is 7.33. The predicted molar refractivity (Wildman–Crippen MR) is 91.2 cm³/mol. The molecule has 0 heterocycles. The fraction of sp³-hybridized carbons (Fsp3) is 0.882. The summed E-state index contributed by atoms with van der Waals surface area (Å²) in [7, 11) is 0. The van der Waals surface area contributed by atoms with Crippen molar-refractivity contribution in [3.05, 3.63) is 0 Å². The third-order valence-electron chi connectivity index (χ3n) is 5.27. The third-order valence-corrected chi connectivity index (χ3v) is 5.66. The summed E-state index contributed by atoms with van der Waals surface area (Å²) < 4.78 is 0. The van der Waals surface area contributed by atoms with Crippen LogP contribution in [0.1, 0.15) is 83.5 Å². The van der Waals surface area contributed by atoms with Crippen LogP contribution in [-0.4, -0.2) is 16.4 Å². The highest BCUT2D eigenvalue weighted by atomic mass is 32.1. The molecule has 2 aliphatic carbocycles. The van der Waals surface area contributed by atoms with E-state index in [2.05, 4.69) is 5.32 Å². The summed E-state index contributed by atoms with van der Waals surface area (Å²) in [6.07, 6.45) is 14.8. The minimum absolute atomic E-state index is 0.166. The Hall–Kier alpha value is -0.640. The van der Waals surface area contributed by atoms with Crippen LogP contribution in [0.15, 0.2) is 0 Å². The van der Waals surface area contributed by atoms with Crippen molar-refractivity contribution in [2.45, 2.75) is 89.0 Å². The van der Waals surface area contributed by atoms with E-state index in [0.717, 1.165) is 38.5 Å². The summed E-state index contributed by atoms with van der Waals surface area (Å²) in [5, 5.41) is 3.28. The number of nitrogens with two attached hydrogens (primary N) is 1. The Morgan fingerprint density at radius 1 is 0.905 bits per heavy atom. The quantitative estimate of drug-likeness (QED) is 0.615.